The summed E-state index contributed by atoms with van der Waals surface area (Å²) in [7, 11) is 0. The Bertz CT molecular complexity index is 881. The SMILES string of the molecule is C=CC(=O)Oc1c(O)cc(/C=C/c2ccccc2)c(OC(=O)C=C)c1O. The van der Waals surface area contributed by atoms with Crippen molar-refractivity contribution in [3.05, 3.63) is 72.8 Å². The van der Waals surface area contributed by atoms with Crippen molar-refractivity contribution >= 4 is 24.1 Å². The molecule has 0 saturated heterocycles. The zero-order chi connectivity index (χ0) is 19.1. The fourth-order valence-corrected chi connectivity index (χ4v) is 2.01. The standard InChI is InChI=1S/C20H16O6/c1-3-16(22)25-19-14(11-10-13-8-6-5-7-9-13)12-15(21)20(18(19)24)26-17(23)4-2/h3-12,21,24H,1-2H2/b11-10+. The molecule has 0 aromatic heterocycles. The third-order valence-electron chi connectivity index (χ3n) is 3.21. The molecule has 0 atom stereocenters. The van der Waals surface area contributed by atoms with Crippen LogP contribution in [0.15, 0.2) is 61.7 Å². The molecule has 0 aliphatic heterocycles. The molecule has 6 nitrogen and oxygen atoms in total. The first-order valence-electron chi connectivity index (χ1n) is 7.46. The summed E-state index contributed by atoms with van der Waals surface area (Å²) in [6.07, 6.45) is 4.98. The molecule has 0 amide bonds. The monoisotopic (exact) mass is 352 g/mol. The first kappa shape index (κ1) is 18.5. The van der Waals surface area contributed by atoms with Crippen LogP contribution in [-0.2, 0) is 9.59 Å². The number of rotatable bonds is 6. The predicted molar refractivity (Wildman–Crippen MR) is 96.8 cm³/mol. The Labute approximate surface area is 149 Å². The van der Waals surface area contributed by atoms with E-state index in [1.165, 1.54) is 12.1 Å². The van der Waals surface area contributed by atoms with Crippen molar-refractivity contribution < 1.29 is 29.3 Å². The molecule has 0 heterocycles. The smallest absolute Gasteiger partial charge is 0.335 e. The first-order valence-corrected chi connectivity index (χ1v) is 7.46. The van der Waals surface area contributed by atoms with Crippen LogP contribution < -0.4 is 9.47 Å². The van der Waals surface area contributed by atoms with Gasteiger partial charge >= 0.3 is 11.9 Å². The Kier molecular flexibility index (Phi) is 5.95. The zero-order valence-electron chi connectivity index (χ0n) is 13.7. The number of hydrogen-bond donors (Lipinski definition) is 2. The normalized spacial score (nSPS) is 10.3. The molecule has 132 valence electrons. The van der Waals surface area contributed by atoms with Gasteiger partial charge in [-0.05, 0) is 11.6 Å². The summed E-state index contributed by atoms with van der Waals surface area (Å²) in [6.45, 7) is 6.52. The Balaban J connectivity index is 2.53. The Morgan fingerprint density at radius 1 is 0.885 bits per heavy atom. The minimum atomic E-state index is -0.899. The molecule has 26 heavy (non-hydrogen) atoms. The van der Waals surface area contributed by atoms with E-state index in [9.17, 15) is 19.8 Å². The van der Waals surface area contributed by atoms with E-state index in [0.717, 1.165) is 17.7 Å². The predicted octanol–water partition coefficient (Wildman–Crippen LogP) is 3.45. The number of phenolic OH excluding ortho intramolecular Hbond substituents is 2. The molecule has 0 aliphatic carbocycles. The quantitative estimate of drug-likeness (QED) is 0.358. The van der Waals surface area contributed by atoms with Crippen LogP contribution in [0.5, 0.6) is 23.0 Å². The van der Waals surface area contributed by atoms with E-state index in [-0.39, 0.29) is 11.3 Å². The molecule has 6 heteroatoms. The highest BCUT2D eigenvalue weighted by atomic mass is 16.6. The number of hydrogen-bond acceptors (Lipinski definition) is 6. The van der Waals surface area contributed by atoms with Gasteiger partial charge < -0.3 is 19.7 Å². The minimum Gasteiger partial charge on any atom is -0.504 e. The number of ether oxygens (including phenoxy) is 2. The maximum atomic E-state index is 11.6. The molecule has 0 aliphatic rings. The highest BCUT2D eigenvalue weighted by molar-refractivity contribution is 5.88. The molecule has 0 unspecified atom stereocenters. The molecular formula is C20H16O6. The number of phenols is 2. The largest absolute Gasteiger partial charge is 0.504 e. The number of carbonyl (C=O) groups is 2. The van der Waals surface area contributed by atoms with E-state index >= 15 is 0 Å². The third kappa shape index (κ3) is 4.39. The van der Waals surface area contributed by atoms with Gasteiger partial charge in [-0.25, -0.2) is 9.59 Å². The second-order valence-corrected chi connectivity index (χ2v) is 4.99. The van der Waals surface area contributed by atoms with E-state index in [1.807, 2.05) is 30.3 Å². The second kappa shape index (κ2) is 8.34. The molecule has 0 bridgehead atoms. The van der Waals surface area contributed by atoms with Crippen LogP contribution in [0.2, 0.25) is 0 Å². The number of esters is 2. The highest BCUT2D eigenvalue weighted by Gasteiger charge is 2.22. The van der Waals surface area contributed by atoms with Crippen molar-refractivity contribution in [3.63, 3.8) is 0 Å². The molecule has 0 radical (unpaired) electrons. The molecule has 2 aromatic rings. The van der Waals surface area contributed by atoms with E-state index < -0.39 is 29.2 Å². The summed E-state index contributed by atoms with van der Waals surface area (Å²) in [4.78, 5) is 22.9. The fourth-order valence-electron chi connectivity index (χ4n) is 2.01. The van der Waals surface area contributed by atoms with Crippen LogP contribution in [-0.4, -0.2) is 22.2 Å². The zero-order valence-corrected chi connectivity index (χ0v) is 13.7. The molecule has 2 rings (SSSR count). The van der Waals surface area contributed by atoms with Crippen LogP contribution in [0.25, 0.3) is 12.2 Å². The number of carbonyl (C=O) groups excluding carboxylic acids is 2. The molecule has 2 aromatic carbocycles. The second-order valence-electron chi connectivity index (χ2n) is 4.99. The van der Waals surface area contributed by atoms with Gasteiger partial charge in [0.2, 0.25) is 11.5 Å². The molecule has 2 N–H and O–H groups in total. The van der Waals surface area contributed by atoms with Gasteiger partial charge in [-0.3, -0.25) is 0 Å². The van der Waals surface area contributed by atoms with Crippen LogP contribution in [0.3, 0.4) is 0 Å². The maximum Gasteiger partial charge on any atom is 0.335 e. The fraction of sp³-hybridized carbons (Fsp3) is 0. The molecule has 0 saturated carbocycles. The van der Waals surface area contributed by atoms with Crippen molar-refractivity contribution in [1.82, 2.24) is 0 Å². The number of aromatic hydroxyl groups is 2. The van der Waals surface area contributed by atoms with Gasteiger partial charge in [0.05, 0.1) is 0 Å². The molecule has 0 fully saturated rings. The minimum absolute atomic E-state index is 0.192. The van der Waals surface area contributed by atoms with E-state index in [2.05, 4.69) is 13.2 Å². The van der Waals surface area contributed by atoms with Gasteiger partial charge in [0.15, 0.2) is 11.5 Å². The maximum absolute atomic E-state index is 11.6. The summed E-state index contributed by atoms with van der Waals surface area (Å²) in [5.41, 5.74) is 1.03. The van der Waals surface area contributed by atoms with Gasteiger partial charge in [0.25, 0.3) is 0 Å². The summed E-state index contributed by atoms with van der Waals surface area (Å²) in [6, 6.07) is 10.4. The lowest BCUT2D eigenvalue weighted by molar-refractivity contribution is -0.129. The molecule has 0 spiro atoms. The van der Waals surface area contributed by atoms with Crippen LogP contribution in [0, 0.1) is 0 Å². The lowest BCUT2D eigenvalue weighted by atomic mass is 10.1. The topological polar surface area (TPSA) is 93.1 Å². The highest BCUT2D eigenvalue weighted by Crippen LogP contribution is 2.46. The van der Waals surface area contributed by atoms with Crippen molar-refractivity contribution in [2.24, 2.45) is 0 Å². The van der Waals surface area contributed by atoms with Gasteiger partial charge in [0.1, 0.15) is 0 Å². The summed E-state index contributed by atoms with van der Waals surface area (Å²) in [5, 5.41) is 20.4. The van der Waals surface area contributed by atoms with E-state index in [1.54, 1.807) is 6.08 Å². The van der Waals surface area contributed by atoms with Crippen molar-refractivity contribution in [1.29, 1.82) is 0 Å². The summed E-state index contributed by atoms with van der Waals surface area (Å²) >= 11 is 0. The van der Waals surface area contributed by atoms with Crippen molar-refractivity contribution in [3.8, 4) is 23.0 Å². The van der Waals surface area contributed by atoms with Crippen molar-refractivity contribution in [2.45, 2.75) is 0 Å². The van der Waals surface area contributed by atoms with Gasteiger partial charge in [-0.1, -0.05) is 55.6 Å². The number of benzene rings is 2. The lowest BCUT2D eigenvalue weighted by Crippen LogP contribution is -2.07. The average molecular weight is 352 g/mol. The van der Waals surface area contributed by atoms with E-state index in [0.29, 0.717) is 0 Å². The van der Waals surface area contributed by atoms with E-state index in [4.69, 9.17) is 9.47 Å². The summed E-state index contributed by atoms with van der Waals surface area (Å²) < 4.78 is 9.84. The average Bonchev–Trinajstić information content (AvgIpc) is 2.66. The lowest BCUT2D eigenvalue weighted by Gasteiger charge is -2.13. The van der Waals surface area contributed by atoms with Crippen molar-refractivity contribution in [2.75, 3.05) is 0 Å². The summed E-state index contributed by atoms with van der Waals surface area (Å²) in [5.74, 6) is -3.78. The third-order valence-corrected chi connectivity index (χ3v) is 3.21. The van der Waals surface area contributed by atoms with Crippen LogP contribution in [0.1, 0.15) is 11.1 Å². The van der Waals surface area contributed by atoms with Crippen LogP contribution >= 0.6 is 0 Å². The van der Waals surface area contributed by atoms with Gasteiger partial charge in [0, 0.05) is 17.7 Å². The van der Waals surface area contributed by atoms with Gasteiger partial charge in [-0.2, -0.15) is 0 Å². The van der Waals surface area contributed by atoms with Gasteiger partial charge in [-0.15, -0.1) is 0 Å². The first-order chi connectivity index (χ1) is 12.5. The molecular weight excluding hydrogens is 336 g/mol. The Hall–Kier alpha value is -3.80. The van der Waals surface area contributed by atoms with Crippen LogP contribution in [0.4, 0.5) is 0 Å². The Morgan fingerprint density at radius 3 is 2.04 bits per heavy atom. The Morgan fingerprint density at radius 2 is 1.46 bits per heavy atom.